The zero-order chi connectivity index (χ0) is 16.4. The summed E-state index contributed by atoms with van der Waals surface area (Å²) in [6, 6.07) is 11.5. The van der Waals surface area contributed by atoms with Crippen LogP contribution in [0.25, 0.3) is 16.9 Å². The van der Waals surface area contributed by atoms with E-state index in [9.17, 15) is 4.79 Å². The molecule has 0 aliphatic carbocycles. The Balaban J connectivity index is 2.19. The number of ether oxygens (including phenoxy) is 1. The lowest BCUT2D eigenvalue weighted by Crippen LogP contribution is -2.11. The Bertz CT molecular complexity index is 859. The van der Waals surface area contributed by atoms with Crippen LogP contribution in [-0.4, -0.2) is 27.2 Å². The first kappa shape index (κ1) is 15.5. The molecule has 0 aliphatic heterocycles. The molecule has 0 saturated heterocycles. The second-order valence-electron chi connectivity index (χ2n) is 5.14. The molecule has 0 radical (unpaired) electrons. The third-order valence-electron chi connectivity index (χ3n) is 3.50. The predicted molar refractivity (Wildman–Crippen MR) is 88.5 cm³/mol. The molecular weight excluding hydrogens is 314 g/mol. The van der Waals surface area contributed by atoms with Crippen molar-refractivity contribution >= 4 is 23.2 Å². The van der Waals surface area contributed by atoms with Crippen molar-refractivity contribution in [3.8, 4) is 11.3 Å². The second kappa shape index (κ2) is 6.38. The highest BCUT2D eigenvalue weighted by Crippen LogP contribution is 2.26. The quantitative estimate of drug-likeness (QED) is 0.688. The fourth-order valence-electron chi connectivity index (χ4n) is 2.42. The number of hydrogen-bond donors (Lipinski definition) is 0. The van der Waals surface area contributed by atoms with Gasteiger partial charge in [-0.05, 0) is 25.5 Å². The van der Waals surface area contributed by atoms with Gasteiger partial charge in [-0.15, -0.1) is 0 Å². The largest absolute Gasteiger partial charge is 0.466 e. The number of nitrogens with zero attached hydrogens (tertiary/aromatic N) is 3. The average Bonchev–Trinajstić information content (AvgIpc) is 2.87. The lowest BCUT2D eigenvalue weighted by Gasteiger charge is -2.05. The van der Waals surface area contributed by atoms with Gasteiger partial charge in [-0.3, -0.25) is 4.79 Å². The van der Waals surface area contributed by atoms with Crippen molar-refractivity contribution in [3.63, 3.8) is 0 Å². The Morgan fingerprint density at radius 3 is 2.74 bits per heavy atom. The van der Waals surface area contributed by atoms with Gasteiger partial charge in [0.05, 0.1) is 24.4 Å². The van der Waals surface area contributed by atoms with E-state index < -0.39 is 0 Å². The monoisotopic (exact) mass is 329 g/mol. The molecule has 5 nitrogen and oxygen atoms in total. The summed E-state index contributed by atoms with van der Waals surface area (Å²) in [7, 11) is 0. The maximum atomic E-state index is 12.0. The minimum atomic E-state index is -0.315. The minimum absolute atomic E-state index is 0.0889. The molecule has 1 aromatic carbocycles. The van der Waals surface area contributed by atoms with Crippen LogP contribution in [0.4, 0.5) is 0 Å². The average molecular weight is 330 g/mol. The lowest BCUT2D eigenvalue weighted by molar-refractivity contribution is -0.142. The van der Waals surface area contributed by atoms with Gasteiger partial charge in [-0.25, -0.2) is 9.50 Å². The van der Waals surface area contributed by atoms with Crippen LogP contribution in [0.2, 0.25) is 5.15 Å². The summed E-state index contributed by atoms with van der Waals surface area (Å²) < 4.78 is 6.69. The van der Waals surface area contributed by atoms with E-state index >= 15 is 0 Å². The number of fused-ring (bicyclic) bond motifs is 1. The number of benzene rings is 1. The minimum Gasteiger partial charge on any atom is -0.466 e. The molecule has 0 N–H and O–H groups in total. The number of carbonyl (C=O) groups excluding carboxylic acids is 1. The first-order valence-corrected chi connectivity index (χ1v) is 7.73. The first-order chi connectivity index (χ1) is 11.1. The molecule has 0 atom stereocenters. The molecule has 0 fully saturated rings. The van der Waals surface area contributed by atoms with Crippen LogP contribution in [0.3, 0.4) is 0 Å². The van der Waals surface area contributed by atoms with Gasteiger partial charge in [-0.1, -0.05) is 41.9 Å². The molecule has 2 aromatic heterocycles. The number of carbonyl (C=O) groups is 1. The smallest absolute Gasteiger partial charge is 0.311 e. The van der Waals surface area contributed by atoms with Gasteiger partial charge in [0.25, 0.3) is 0 Å². The van der Waals surface area contributed by atoms with Crippen LogP contribution in [0.1, 0.15) is 18.2 Å². The normalized spacial score (nSPS) is 10.9. The molecule has 0 amide bonds. The molecular formula is C17H16ClN3O2. The SMILES string of the molecule is CCOC(=O)Cc1c(-c2ccccc2)nc2cc(C)c(Cl)nn12. The summed E-state index contributed by atoms with van der Waals surface area (Å²) in [4.78, 5) is 16.6. The molecule has 3 rings (SSSR count). The van der Waals surface area contributed by atoms with E-state index in [-0.39, 0.29) is 12.4 Å². The molecule has 0 aliphatic rings. The van der Waals surface area contributed by atoms with Crippen LogP contribution < -0.4 is 0 Å². The van der Waals surface area contributed by atoms with Crippen molar-refractivity contribution < 1.29 is 9.53 Å². The zero-order valence-electron chi connectivity index (χ0n) is 12.9. The Kier molecular flexibility index (Phi) is 4.30. The van der Waals surface area contributed by atoms with Gasteiger partial charge >= 0.3 is 5.97 Å². The highest BCUT2D eigenvalue weighted by atomic mass is 35.5. The third-order valence-corrected chi connectivity index (χ3v) is 3.87. The van der Waals surface area contributed by atoms with E-state index in [2.05, 4.69) is 10.1 Å². The Morgan fingerprint density at radius 2 is 2.04 bits per heavy atom. The van der Waals surface area contributed by atoms with Crippen LogP contribution in [0.5, 0.6) is 0 Å². The number of esters is 1. The van der Waals surface area contributed by atoms with Gasteiger partial charge in [0.15, 0.2) is 10.8 Å². The van der Waals surface area contributed by atoms with Crippen molar-refractivity contribution in [3.05, 3.63) is 52.8 Å². The topological polar surface area (TPSA) is 56.5 Å². The van der Waals surface area contributed by atoms with Crippen molar-refractivity contribution in [2.24, 2.45) is 0 Å². The summed E-state index contributed by atoms with van der Waals surface area (Å²) in [6.07, 6.45) is 0.0889. The fraction of sp³-hybridized carbons (Fsp3) is 0.235. The highest BCUT2D eigenvalue weighted by Gasteiger charge is 2.19. The third kappa shape index (κ3) is 3.05. The fourth-order valence-corrected chi connectivity index (χ4v) is 2.55. The molecule has 23 heavy (non-hydrogen) atoms. The van der Waals surface area contributed by atoms with Gasteiger partial charge in [0.1, 0.15) is 0 Å². The van der Waals surface area contributed by atoms with Crippen molar-refractivity contribution in [1.29, 1.82) is 0 Å². The number of imidazole rings is 1. The first-order valence-electron chi connectivity index (χ1n) is 7.36. The number of aryl methyl sites for hydroxylation is 1. The summed E-state index contributed by atoms with van der Waals surface area (Å²) in [6.45, 7) is 3.99. The van der Waals surface area contributed by atoms with E-state index in [4.69, 9.17) is 16.3 Å². The van der Waals surface area contributed by atoms with E-state index in [1.807, 2.05) is 43.3 Å². The molecule has 3 aromatic rings. The number of aromatic nitrogens is 3. The Hall–Kier alpha value is -2.40. The maximum Gasteiger partial charge on any atom is 0.311 e. The Labute approximate surface area is 138 Å². The van der Waals surface area contributed by atoms with Gasteiger partial charge in [0.2, 0.25) is 0 Å². The van der Waals surface area contributed by atoms with Crippen molar-refractivity contribution in [1.82, 2.24) is 14.6 Å². The summed E-state index contributed by atoms with van der Waals surface area (Å²) in [5.41, 5.74) is 3.81. The van der Waals surface area contributed by atoms with Crippen LogP contribution >= 0.6 is 11.6 Å². The molecule has 0 unspecified atom stereocenters. The van der Waals surface area contributed by atoms with Crippen molar-refractivity contribution in [2.75, 3.05) is 6.61 Å². The van der Waals surface area contributed by atoms with E-state index in [0.29, 0.717) is 28.8 Å². The predicted octanol–water partition coefficient (Wildman–Crippen LogP) is 3.46. The van der Waals surface area contributed by atoms with E-state index in [0.717, 1.165) is 11.1 Å². The van der Waals surface area contributed by atoms with E-state index in [1.165, 1.54) is 0 Å². The van der Waals surface area contributed by atoms with Crippen molar-refractivity contribution in [2.45, 2.75) is 20.3 Å². The molecule has 2 heterocycles. The van der Waals surface area contributed by atoms with Gasteiger partial charge in [0, 0.05) is 5.56 Å². The summed E-state index contributed by atoms with van der Waals surface area (Å²) >= 11 is 6.14. The van der Waals surface area contributed by atoms with Crippen LogP contribution in [-0.2, 0) is 16.0 Å². The molecule has 0 spiro atoms. The summed E-state index contributed by atoms with van der Waals surface area (Å²) in [5.74, 6) is -0.315. The maximum absolute atomic E-state index is 12.0. The number of rotatable bonds is 4. The highest BCUT2D eigenvalue weighted by molar-refractivity contribution is 6.30. The number of hydrogen-bond acceptors (Lipinski definition) is 4. The second-order valence-corrected chi connectivity index (χ2v) is 5.50. The standard InChI is InChI=1S/C17H16ClN3O2/c1-3-23-15(22)10-13-16(12-7-5-4-6-8-12)19-14-9-11(2)17(18)20-21(13)14/h4-9H,3,10H2,1-2H3. The molecule has 118 valence electrons. The number of halogens is 1. The lowest BCUT2D eigenvalue weighted by atomic mass is 10.1. The Morgan fingerprint density at radius 1 is 1.30 bits per heavy atom. The zero-order valence-corrected chi connectivity index (χ0v) is 13.7. The summed E-state index contributed by atoms with van der Waals surface area (Å²) in [5, 5.41) is 4.73. The van der Waals surface area contributed by atoms with Crippen LogP contribution in [0.15, 0.2) is 36.4 Å². The van der Waals surface area contributed by atoms with E-state index in [1.54, 1.807) is 11.4 Å². The molecule has 0 bridgehead atoms. The van der Waals surface area contributed by atoms with Gasteiger partial charge in [-0.2, -0.15) is 5.10 Å². The van der Waals surface area contributed by atoms with Crippen LogP contribution in [0, 0.1) is 6.92 Å². The molecule has 6 heteroatoms. The molecule has 0 saturated carbocycles. The van der Waals surface area contributed by atoms with Gasteiger partial charge < -0.3 is 4.74 Å².